The molecule has 0 radical (unpaired) electrons. The van der Waals surface area contributed by atoms with Gasteiger partial charge in [-0.25, -0.2) is 0 Å². The Morgan fingerprint density at radius 2 is 1.77 bits per heavy atom. The predicted molar refractivity (Wildman–Crippen MR) is 88.4 cm³/mol. The Morgan fingerprint density at radius 1 is 1.09 bits per heavy atom. The van der Waals surface area contributed by atoms with Crippen molar-refractivity contribution in [2.24, 2.45) is 0 Å². The number of hydrogen-bond acceptors (Lipinski definition) is 3. The second-order valence-corrected chi connectivity index (χ2v) is 5.60. The molecule has 1 N–H and O–H groups in total. The summed E-state index contributed by atoms with van der Waals surface area (Å²) in [6, 6.07) is 19.7. The maximum absolute atomic E-state index is 10.2. The summed E-state index contributed by atoms with van der Waals surface area (Å²) in [7, 11) is 2.03. The molecule has 0 aliphatic carbocycles. The molecule has 3 nitrogen and oxygen atoms in total. The van der Waals surface area contributed by atoms with Gasteiger partial charge in [0.25, 0.3) is 0 Å². The summed E-state index contributed by atoms with van der Waals surface area (Å²) in [6.45, 7) is 1.54. The summed E-state index contributed by atoms with van der Waals surface area (Å²) in [5, 5.41) is 19.0. The molecule has 0 amide bonds. The van der Waals surface area contributed by atoms with E-state index in [2.05, 4.69) is 35.2 Å². The SMILES string of the molecule is CN(CCCc1ccccc1)CC(O)c1ccc(C#N)cc1. The van der Waals surface area contributed by atoms with E-state index in [1.54, 1.807) is 12.1 Å². The zero-order valence-electron chi connectivity index (χ0n) is 12.9. The first-order chi connectivity index (χ1) is 10.7. The molecule has 0 aliphatic rings. The van der Waals surface area contributed by atoms with Crippen LogP contribution in [0.3, 0.4) is 0 Å². The lowest BCUT2D eigenvalue weighted by Crippen LogP contribution is -2.26. The third-order valence-electron chi connectivity index (χ3n) is 3.76. The van der Waals surface area contributed by atoms with Crippen molar-refractivity contribution in [2.45, 2.75) is 18.9 Å². The smallest absolute Gasteiger partial charge is 0.0991 e. The van der Waals surface area contributed by atoms with Gasteiger partial charge in [0, 0.05) is 6.54 Å². The molecule has 1 unspecified atom stereocenters. The number of likely N-dealkylation sites (N-methyl/N-ethyl adjacent to an activating group) is 1. The lowest BCUT2D eigenvalue weighted by Gasteiger charge is -2.20. The largest absolute Gasteiger partial charge is 0.387 e. The van der Waals surface area contributed by atoms with Gasteiger partial charge < -0.3 is 10.0 Å². The van der Waals surface area contributed by atoms with E-state index < -0.39 is 6.10 Å². The molecular weight excluding hydrogens is 272 g/mol. The molecule has 0 bridgehead atoms. The highest BCUT2D eigenvalue weighted by atomic mass is 16.3. The number of aliphatic hydroxyl groups excluding tert-OH is 1. The van der Waals surface area contributed by atoms with Crippen molar-refractivity contribution in [3.8, 4) is 6.07 Å². The topological polar surface area (TPSA) is 47.3 Å². The van der Waals surface area contributed by atoms with E-state index in [9.17, 15) is 5.11 Å². The van der Waals surface area contributed by atoms with Crippen LogP contribution in [0, 0.1) is 11.3 Å². The van der Waals surface area contributed by atoms with Gasteiger partial charge in [-0.05, 0) is 49.7 Å². The molecule has 2 rings (SSSR count). The number of hydrogen-bond donors (Lipinski definition) is 1. The van der Waals surface area contributed by atoms with Crippen molar-refractivity contribution in [2.75, 3.05) is 20.1 Å². The average Bonchev–Trinajstić information content (AvgIpc) is 2.56. The monoisotopic (exact) mass is 294 g/mol. The Bertz CT molecular complexity index is 602. The maximum atomic E-state index is 10.2. The summed E-state index contributed by atoms with van der Waals surface area (Å²) < 4.78 is 0. The van der Waals surface area contributed by atoms with Crippen LogP contribution in [0.25, 0.3) is 0 Å². The molecular formula is C19H22N2O. The fourth-order valence-corrected chi connectivity index (χ4v) is 2.47. The predicted octanol–water partition coefficient (Wildman–Crippen LogP) is 3.16. The Balaban J connectivity index is 1.76. The first-order valence-electron chi connectivity index (χ1n) is 7.59. The van der Waals surface area contributed by atoms with E-state index >= 15 is 0 Å². The zero-order chi connectivity index (χ0) is 15.8. The van der Waals surface area contributed by atoms with Gasteiger partial charge in [-0.15, -0.1) is 0 Å². The van der Waals surface area contributed by atoms with E-state index in [-0.39, 0.29) is 0 Å². The highest BCUT2D eigenvalue weighted by Crippen LogP contribution is 2.15. The molecule has 0 spiro atoms. The standard InChI is InChI=1S/C19H22N2O/c1-21(13-5-8-16-6-3-2-4-7-16)15-19(22)18-11-9-17(14-20)10-12-18/h2-4,6-7,9-12,19,22H,5,8,13,15H2,1H3. The Kier molecular flexibility index (Phi) is 6.14. The van der Waals surface area contributed by atoms with Gasteiger partial charge in [0.2, 0.25) is 0 Å². The molecule has 0 aliphatic heterocycles. The lowest BCUT2D eigenvalue weighted by atomic mass is 10.1. The fourth-order valence-electron chi connectivity index (χ4n) is 2.47. The molecule has 114 valence electrons. The van der Waals surface area contributed by atoms with Gasteiger partial charge in [-0.3, -0.25) is 0 Å². The third-order valence-corrected chi connectivity index (χ3v) is 3.76. The maximum Gasteiger partial charge on any atom is 0.0991 e. The summed E-state index contributed by atoms with van der Waals surface area (Å²) in [6.07, 6.45) is 1.60. The quantitative estimate of drug-likeness (QED) is 0.853. The highest BCUT2D eigenvalue weighted by molar-refractivity contribution is 5.32. The molecule has 0 heterocycles. The Morgan fingerprint density at radius 3 is 2.41 bits per heavy atom. The van der Waals surface area contributed by atoms with Crippen LogP contribution in [0.1, 0.15) is 29.2 Å². The highest BCUT2D eigenvalue weighted by Gasteiger charge is 2.10. The summed E-state index contributed by atoms with van der Waals surface area (Å²) in [5.41, 5.74) is 2.82. The molecule has 0 aromatic heterocycles. The van der Waals surface area contributed by atoms with Crippen molar-refractivity contribution in [1.29, 1.82) is 5.26 Å². The number of aliphatic hydroxyl groups is 1. The first-order valence-corrected chi connectivity index (χ1v) is 7.59. The second kappa shape index (κ2) is 8.33. The molecule has 0 saturated heterocycles. The lowest BCUT2D eigenvalue weighted by molar-refractivity contribution is 0.126. The van der Waals surface area contributed by atoms with Crippen LogP contribution in [0.2, 0.25) is 0 Å². The van der Waals surface area contributed by atoms with Gasteiger partial charge in [0.1, 0.15) is 0 Å². The Labute approximate surface area is 132 Å². The minimum absolute atomic E-state index is 0.519. The second-order valence-electron chi connectivity index (χ2n) is 5.60. The van der Waals surface area contributed by atoms with Crippen LogP contribution in [-0.4, -0.2) is 30.1 Å². The summed E-state index contributed by atoms with van der Waals surface area (Å²) in [5.74, 6) is 0. The molecule has 22 heavy (non-hydrogen) atoms. The number of aryl methyl sites for hydroxylation is 1. The van der Waals surface area contributed by atoms with Crippen LogP contribution in [0.15, 0.2) is 54.6 Å². The minimum atomic E-state index is -0.519. The first kappa shape index (κ1) is 16.2. The van der Waals surface area contributed by atoms with E-state index in [1.165, 1.54) is 5.56 Å². The van der Waals surface area contributed by atoms with Crippen LogP contribution in [-0.2, 0) is 6.42 Å². The van der Waals surface area contributed by atoms with E-state index in [0.29, 0.717) is 12.1 Å². The van der Waals surface area contributed by atoms with Crippen molar-refractivity contribution in [3.05, 3.63) is 71.3 Å². The van der Waals surface area contributed by atoms with Crippen LogP contribution in [0.4, 0.5) is 0 Å². The van der Waals surface area contributed by atoms with Crippen molar-refractivity contribution >= 4 is 0 Å². The summed E-state index contributed by atoms with van der Waals surface area (Å²) in [4.78, 5) is 2.14. The van der Waals surface area contributed by atoms with E-state index in [0.717, 1.165) is 24.9 Å². The van der Waals surface area contributed by atoms with Crippen molar-refractivity contribution in [3.63, 3.8) is 0 Å². The molecule has 1 atom stereocenters. The number of benzene rings is 2. The van der Waals surface area contributed by atoms with Gasteiger partial charge in [-0.2, -0.15) is 5.26 Å². The van der Waals surface area contributed by atoms with E-state index in [1.807, 2.05) is 25.2 Å². The average molecular weight is 294 g/mol. The molecule has 2 aromatic rings. The summed E-state index contributed by atoms with van der Waals surface area (Å²) >= 11 is 0. The number of nitrogens with zero attached hydrogens (tertiary/aromatic N) is 2. The number of nitriles is 1. The normalized spacial score (nSPS) is 12.1. The minimum Gasteiger partial charge on any atom is -0.387 e. The zero-order valence-corrected chi connectivity index (χ0v) is 12.9. The number of rotatable bonds is 7. The molecule has 2 aromatic carbocycles. The van der Waals surface area contributed by atoms with Crippen LogP contribution in [0.5, 0.6) is 0 Å². The molecule has 3 heteroatoms. The van der Waals surface area contributed by atoms with Gasteiger partial charge in [-0.1, -0.05) is 42.5 Å². The van der Waals surface area contributed by atoms with Gasteiger partial charge in [0.15, 0.2) is 0 Å². The van der Waals surface area contributed by atoms with Gasteiger partial charge in [0.05, 0.1) is 17.7 Å². The van der Waals surface area contributed by atoms with Gasteiger partial charge >= 0.3 is 0 Å². The molecule has 0 saturated carbocycles. The molecule has 0 fully saturated rings. The third kappa shape index (κ3) is 5.00. The van der Waals surface area contributed by atoms with Crippen molar-refractivity contribution in [1.82, 2.24) is 4.90 Å². The van der Waals surface area contributed by atoms with Crippen LogP contribution >= 0.6 is 0 Å². The van der Waals surface area contributed by atoms with E-state index in [4.69, 9.17) is 5.26 Å². The fraction of sp³-hybridized carbons (Fsp3) is 0.316. The van der Waals surface area contributed by atoms with Crippen LogP contribution < -0.4 is 0 Å². The Hall–Kier alpha value is -2.15. The van der Waals surface area contributed by atoms with Crippen molar-refractivity contribution < 1.29 is 5.11 Å².